The van der Waals surface area contributed by atoms with Gasteiger partial charge in [-0.15, -0.1) is 0 Å². The second-order valence-corrected chi connectivity index (χ2v) is 3.97. The second kappa shape index (κ2) is 6.79. The van der Waals surface area contributed by atoms with Gasteiger partial charge >= 0.3 is 11.9 Å². The fourth-order valence-electron chi connectivity index (χ4n) is 1.82. The van der Waals surface area contributed by atoms with Crippen LogP contribution in [0.2, 0.25) is 0 Å². The summed E-state index contributed by atoms with van der Waals surface area (Å²) in [6.07, 6.45) is 1.36. The minimum Gasteiger partial charge on any atom is -0.481 e. The first-order valence-electron chi connectivity index (χ1n) is 6.11. The third-order valence-electron chi connectivity index (χ3n) is 2.73. The van der Waals surface area contributed by atoms with Crippen LogP contribution in [0.3, 0.4) is 0 Å². The van der Waals surface area contributed by atoms with Crippen LogP contribution >= 0.6 is 0 Å². The van der Waals surface area contributed by atoms with E-state index in [0.29, 0.717) is 5.75 Å². The third-order valence-corrected chi connectivity index (χ3v) is 2.73. The Hall–Kier alpha value is -1.84. The summed E-state index contributed by atoms with van der Waals surface area (Å²) in [5.74, 6) is -0.947. The number of ether oxygens (including phenoxy) is 1. The van der Waals surface area contributed by atoms with Crippen molar-refractivity contribution in [3.63, 3.8) is 0 Å². The van der Waals surface area contributed by atoms with Crippen molar-refractivity contribution in [2.45, 2.75) is 39.5 Å². The van der Waals surface area contributed by atoms with Gasteiger partial charge < -0.3 is 9.84 Å². The zero-order valence-electron chi connectivity index (χ0n) is 10.7. The number of carboxylic acids is 1. The van der Waals surface area contributed by atoms with Crippen molar-refractivity contribution < 1.29 is 19.4 Å². The Morgan fingerprint density at radius 3 is 2.44 bits per heavy atom. The first-order valence-corrected chi connectivity index (χ1v) is 6.11. The van der Waals surface area contributed by atoms with Gasteiger partial charge in [-0.3, -0.25) is 9.59 Å². The van der Waals surface area contributed by atoms with Crippen LogP contribution in [0.1, 0.15) is 37.8 Å². The van der Waals surface area contributed by atoms with Crippen molar-refractivity contribution in [3.8, 4) is 5.75 Å². The molecule has 0 bridgehead atoms. The maximum Gasteiger partial charge on any atom is 0.311 e. The molecule has 1 N–H and O–H groups in total. The SMILES string of the molecule is CCc1cccc(OC(=O)CCC(=O)O)c1CC. The highest BCUT2D eigenvalue weighted by molar-refractivity contribution is 5.78. The predicted octanol–water partition coefficient (Wildman–Crippen LogP) is 2.58. The van der Waals surface area contributed by atoms with Gasteiger partial charge in [0.05, 0.1) is 12.8 Å². The topological polar surface area (TPSA) is 63.6 Å². The molecule has 0 fully saturated rings. The normalized spacial score (nSPS) is 10.1. The van der Waals surface area contributed by atoms with Gasteiger partial charge in [-0.25, -0.2) is 0 Å². The highest BCUT2D eigenvalue weighted by Crippen LogP contribution is 2.24. The molecule has 0 spiro atoms. The van der Waals surface area contributed by atoms with Crippen molar-refractivity contribution in [2.75, 3.05) is 0 Å². The number of carboxylic acid groups (broad SMARTS) is 1. The minimum atomic E-state index is -0.995. The molecule has 0 aliphatic rings. The lowest BCUT2D eigenvalue weighted by Crippen LogP contribution is -2.11. The zero-order chi connectivity index (χ0) is 13.5. The maximum absolute atomic E-state index is 11.5. The number of rotatable bonds is 6. The van der Waals surface area contributed by atoms with E-state index in [1.54, 1.807) is 6.07 Å². The quantitative estimate of drug-likeness (QED) is 0.622. The molecule has 98 valence electrons. The van der Waals surface area contributed by atoms with Crippen LogP contribution < -0.4 is 4.74 Å². The minimum absolute atomic E-state index is 0.102. The van der Waals surface area contributed by atoms with E-state index in [1.807, 2.05) is 26.0 Å². The van der Waals surface area contributed by atoms with E-state index in [4.69, 9.17) is 9.84 Å². The van der Waals surface area contributed by atoms with Crippen LogP contribution in [-0.4, -0.2) is 17.0 Å². The Balaban J connectivity index is 2.77. The molecule has 1 aromatic carbocycles. The lowest BCUT2D eigenvalue weighted by atomic mass is 10.0. The molecule has 0 aliphatic carbocycles. The van der Waals surface area contributed by atoms with Crippen LogP contribution in [-0.2, 0) is 22.4 Å². The number of hydrogen-bond donors (Lipinski definition) is 1. The third kappa shape index (κ3) is 3.87. The van der Waals surface area contributed by atoms with Crippen LogP contribution in [0.5, 0.6) is 5.75 Å². The predicted molar refractivity (Wildman–Crippen MR) is 67.7 cm³/mol. The summed E-state index contributed by atoms with van der Waals surface area (Å²) in [7, 11) is 0. The van der Waals surface area contributed by atoms with E-state index in [1.165, 1.54) is 0 Å². The molecule has 0 saturated carbocycles. The summed E-state index contributed by atoms with van der Waals surface area (Å²) in [5, 5.41) is 8.50. The smallest absolute Gasteiger partial charge is 0.311 e. The average molecular weight is 250 g/mol. The molecule has 4 heteroatoms. The Morgan fingerprint density at radius 1 is 1.17 bits per heavy atom. The van der Waals surface area contributed by atoms with E-state index in [-0.39, 0.29) is 12.8 Å². The van der Waals surface area contributed by atoms with Gasteiger partial charge in [0.25, 0.3) is 0 Å². The van der Waals surface area contributed by atoms with Gasteiger partial charge in [0.2, 0.25) is 0 Å². The van der Waals surface area contributed by atoms with Gasteiger partial charge in [0.15, 0.2) is 0 Å². The lowest BCUT2D eigenvalue weighted by Gasteiger charge is -2.12. The first kappa shape index (κ1) is 14.2. The number of aryl methyl sites for hydroxylation is 1. The molecule has 0 atom stereocenters. The Morgan fingerprint density at radius 2 is 1.89 bits per heavy atom. The summed E-state index contributed by atoms with van der Waals surface area (Å²) in [6, 6.07) is 5.60. The maximum atomic E-state index is 11.5. The second-order valence-electron chi connectivity index (χ2n) is 3.97. The molecule has 1 rings (SSSR count). The number of esters is 1. The van der Waals surface area contributed by atoms with Crippen LogP contribution in [0.25, 0.3) is 0 Å². The van der Waals surface area contributed by atoms with Crippen molar-refractivity contribution in [1.29, 1.82) is 0 Å². The number of carbonyl (C=O) groups excluding carboxylic acids is 1. The summed E-state index contributed by atoms with van der Waals surface area (Å²) in [5.41, 5.74) is 2.17. The zero-order valence-corrected chi connectivity index (χ0v) is 10.7. The lowest BCUT2D eigenvalue weighted by molar-refractivity contribution is -0.142. The molecule has 0 unspecified atom stereocenters. The highest BCUT2D eigenvalue weighted by atomic mass is 16.5. The molecule has 0 heterocycles. The van der Waals surface area contributed by atoms with Gasteiger partial charge in [-0.05, 0) is 30.0 Å². The molecule has 0 amide bonds. The van der Waals surface area contributed by atoms with Crippen LogP contribution in [0.4, 0.5) is 0 Å². The van der Waals surface area contributed by atoms with Crippen molar-refractivity contribution in [3.05, 3.63) is 29.3 Å². The molecule has 0 radical (unpaired) electrons. The van der Waals surface area contributed by atoms with E-state index >= 15 is 0 Å². The number of benzene rings is 1. The highest BCUT2D eigenvalue weighted by Gasteiger charge is 2.12. The largest absolute Gasteiger partial charge is 0.481 e. The molecule has 0 aliphatic heterocycles. The average Bonchev–Trinajstić information content (AvgIpc) is 2.36. The van der Waals surface area contributed by atoms with E-state index < -0.39 is 11.9 Å². The van der Waals surface area contributed by atoms with Gasteiger partial charge in [-0.1, -0.05) is 26.0 Å². The van der Waals surface area contributed by atoms with Crippen molar-refractivity contribution >= 4 is 11.9 Å². The molecular weight excluding hydrogens is 232 g/mol. The standard InChI is InChI=1S/C14H18O4/c1-3-10-6-5-7-12(11(10)4-2)18-14(17)9-8-13(15)16/h5-7H,3-4,8-9H2,1-2H3,(H,15,16). The first-order chi connectivity index (χ1) is 8.58. The molecule has 18 heavy (non-hydrogen) atoms. The van der Waals surface area contributed by atoms with Crippen LogP contribution in [0, 0.1) is 0 Å². The molecule has 1 aromatic rings. The molecule has 0 saturated heterocycles. The van der Waals surface area contributed by atoms with E-state index in [0.717, 1.165) is 24.0 Å². The number of aliphatic carboxylic acids is 1. The van der Waals surface area contributed by atoms with E-state index in [2.05, 4.69) is 0 Å². The van der Waals surface area contributed by atoms with Gasteiger partial charge in [0, 0.05) is 0 Å². The number of hydrogen-bond acceptors (Lipinski definition) is 3. The Labute approximate surface area is 107 Å². The Kier molecular flexibility index (Phi) is 5.36. The van der Waals surface area contributed by atoms with Gasteiger partial charge in [0.1, 0.15) is 5.75 Å². The van der Waals surface area contributed by atoms with E-state index in [9.17, 15) is 9.59 Å². The monoisotopic (exact) mass is 250 g/mol. The Bertz CT molecular complexity index is 437. The summed E-state index contributed by atoms with van der Waals surface area (Å²) in [6.45, 7) is 4.05. The molecular formula is C14H18O4. The van der Waals surface area contributed by atoms with Gasteiger partial charge in [-0.2, -0.15) is 0 Å². The summed E-state index contributed by atoms with van der Waals surface area (Å²) >= 11 is 0. The van der Waals surface area contributed by atoms with Crippen molar-refractivity contribution in [2.24, 2.45) is 0 Å². The number of carbonyl (C=O) groups is 2. The molecule has 0 aromatic heterocycles. The summed E-state index contributed by atoms with van der Waals surface area (Å²) < 4.78 is 5.23. The fourth-order valence-corrected chi connectivity index (χ4v) is 1.82. The molecule has 4 nitrogen and oxygen atoms in total. The summed E-state index contributed by atoms with van der Waals surface area (Å²) in [4.78, 5) is 21.9. The van der Waals surface area contributed by atoms with Crippen LogP contribution in [0.15, 0.2) is 18.2 Å². The van der Waals surface area contributed by atoms with Crippen molar-refractivity contribution in [1.82, 2.24) is 0 Å². The fraction of sp³-hybridized carbons (Fsp3) is 0.429.